The minimum absolute atomic E-state index is 0.0457. The summed E-state index contributed by atoms with van der Waals surface area (Å²) in [5.74, 6) is 0. The first kappa shape index (κ1) is 20.6. The molecule has 0 spiro atoms. The van der Waals surface area contributed by atoms with E-state index in [9.17, 15) is 0 Å². The SMILES string of the molecule is Cc1ccc2cc(-c3ccnc(-c4cc5ccoc5c5nc(C(C)(C)C)ccc45)c3)ccc2c1. The number of aromatic nitrogens is 2. The topological polar surface area (TPSA) is 38.9 Å². The lowest BCUT2D eigenvalue weighted by Gasteiger charge is -2.18. The smallest absolute Gasteiger partial charge is 0.160 e. The molecule has 0 aliphatic rings. The zero-order valence-electron chi connectivity index (χ0n) is 19.9. The van der Waals surface area contributed by atoms with Crippen molar-refractivity contribution in [1.29, 1.82) is 0 Å². The van der Waals surface area contributed by atoms with Crippen LogP contribution in [-0.4, -0.2) is 9.97 Å². The minimum atomic E-state index is -0.0457. The summed E-state index contributed by atoms with van der Waals surface area (Å²) in [6.45, 7) is 8.67. The molecule has 0 saturated heterocycles. The summed E-state index contributed by atoms with van der Waals surface area (Å²) in [6, 6.07) is 25.9. The Bertz CT molecular complexity index is 1700. The van der Waals surface area contributed by atoms with Gasteiger partial charge in [0.25, 0.3) is 0 Å². The number of benzene rings is 3. The van der Waals surface area contributed by atoms with E-state index in [1.165, 1.54) is 21.9 Å². The van der Waals surface area contributed by atoms with Gasteiger partial charge in [-0.2, -0.15) is 0 Å². The van der Waals surface area contributed by atoms with Crippen molar-refractivity contribution in [2.24, 2.45) is 0 Å². The van der Waals surface area contributed by atoms with E-state index in [1.54, 1.807) is 6.26 Å². The fourth-order valence-electron chi connectivity index (χ4n) is 4.64. The van der Waals surface area contributed by atoms with Gasteiger partial charge in [0.2, 0.25) is 0 Å². The summed E-state index contributed by atoms with van der Waals surface area (Å²) in [5, 5.41) is 4.59. The fourth-order valence-corrected chi connectivity index (χ4v) is 4.64. The molecule has 3 heterocycles. The van der Waals surface area contributed by atoms with Gasteiger partial charge in [-0.3, -0.25) is 4.98 Å². The summed E-state index contributed by atoms with van der Waals surface area (Å²) < 4.78 is 5.85. The molecule has 0 aliphatic carbocycles. The molecule has 3 heteroatoms. The highest BCUT2D eigenvalue weighted by Gasteiger charge is 2.19. The van der Waals surface area contributed by atoms with Gasteiger partial charge in [0.15, 0.2) is 5.58 Å². The van der Waals surface area contributed by atoms with Crippen molar-refractivity contribution < 1.29 is 4.42 Å². The van der Waals surface area contributed by atoms with Crippen LogP contribution >= 0.6 is 0 Å². The van der Waals surface area contributed by atoms with E-state index in [4.69, 9.17) is 14.4 Å². The second-order valence-electron chi connectivity index (χ2n) is 10.1. The number of hydrogen-bond donors (Lipinski definition) is 0. The van der Waals surface area contributed by atoms with Crippen LogP contribution in [0.5, 0.6) is 0 Å². The van der Waals surface area contributed by atoms with Crippen LogP contribution in [0.1, 0.15) is 32.0 Å². The van der Waals surface area contributed by atoms with Gasteiger partial charge in [0.1, 0.15) is 5.52 Å². The highest BCUT2D eigenvalue weighted by atomic mass is 16.3. The van der Waals surface area contributed by atoms with Gasteiger partial charge < -0.3 is 4.42 Å². The molecule has 166 valence electrons. The van der Waals surface area contributed by atoms with Crippen LogP contribution in [0.3, 0.4) is 0 Å². The lowest BCUT2D eigenvalue weighted by Crippen LogP contribution is -2.13. The Morgan fingerprint density at radius 2 is 1.53 bits per heavy atom. The van der Waals surface area contributed by atoms with E-state index in [1.807, 2.05) is 12.3 Å². The number of rotatable bonds is 2. The molecule has 6 rings (SSSR count). The van der Waals surface area contributed by atoms with Crippen LogP contribution in [0.4, 0.5) is 0 Å². The predicted octanol–water partition coefficient (Wildman–Crippen LogP) is 8.47. The van der Waals surface area contributed by atoms with E-state index in [0.717, 1.165) is 44.4 Å². The van der Waals surface area contributed by atoms with Gasteiger partial charge in [-0.15, -0.1) is 0 Å². The molecular formula is C31H26N2O. The number of aryl methyl sites for hydroxylation is 1. The quantitative estimate of drug-likeness (QED) is 0.270. The van der Waals surface area contributed by atoms with E-state index in [2.05, 4.69) is 94.4 Å². The first-order valence-corrected chi connectivity index (χ1v) is 11.7. The number of pyridine rings is 2. The Hall–Kier alpha value is -3.98. The molecule has 34 heavy (non-hydrogen) atoms. The second kappa shape index (κ2) is 7.53. The molecule has 3 nitrogen and oxygen atoms in total. The first-order chi connectivity index (χ1) is 16.4. The standard InChI is InChI=1S/C31H26N2O/c1-19-5-6-21-16-22(8-7-20(21)15-19)23-11-13-32-27(18-23)26-17-24-12-14-34-30(24)29-25(26)9-10-28(33-29)31(2,3)4/h5-18H,1-4H3. The summed E-state index contributed by atoms with van der Waals surface area (Å²) in [7, 11) is 0. The first-order valence-electron chi connectivity index (χ1n) is 11.7. The van der Waals surface area contributed by atoms with Crippen LogP contribution < -0.4 is 0 Å². The van der Waals surface area contributed by atoms with Crippen molar-refractivity contribution in [3.8, 4) is 22.4 Å². The lowest BCUT2D eigenvalue weighted by atomic mass is 9.90. The molecule has 0 fully saturated rings. The van der Waals surface area contributed by atoms with Crippen LogP contribution in [0, 0.1) is 6.92 Å². The van der Waals surface area contributed by atoms with Crippen molar-refractivity contribution in [2.75, 3.05) is 0 Å². The van der Waals surface area contributed by atoms with Gasteiger partial charge in [-0.25, -0.2) is 4.98 Å². The van der Waals surface area contributed by atoms with Gasteiger partial charge in [-0.1, -0.05) is 62.7 Å². The van der Waals surface area contributed by atoms with Gasteiger partial charge in [0.05, 0.1) is 12.0 Å². The molecule has 0 saturated carbocycles. The third kappa shape index (κ3) is 3.45. The highest BCUT2D eigenvalue weighted by Crippen LogP contribution is 2.36. The van der Waals surface area contributed by atoms with Crippen LogP contribution in [0.25, 0.3) is 55.0 Å². The highest BCUT2D eigenvalue weighted by molar-refractivity contribution is 6.09. The maximum absolute atomic E-state index is 5.85. The average Bonchev–Trinajstić information content (AvgIpc) is 3.31. The Labute approximate surface area is 199 Å². The molecule has 0 atom stereocenters. The van der Waals surface area contributed by atoms with Gasteiger partial charge in [0, 0.05) is 33.6 Å². The third-order valence-electron chi connectivity index (χ3n) is 6.53. The zero-order valence-corrected chi connectivity index (χ0v) is 19.9. The molecule has 3 aromatic carbocycles. The molecule has 0 N–H and O–H groups in total. The average molecular weight is 443 g/mol. The molecular weight excluding hydrogens is 416 g/mol. The molecule has 0 radical (unpaired) electrons. The number of furan rings is 1. The molecule has 0 unspecified atom stereocenters. The molecule has 0 aliphatic heterocycles. The fraction of sp³-hybridized carbons (Fsp3) is 0.161. The number of fused-ring (bicyclic) bond motifs is 4. The Balaban J connectivity index is 1.54. The van der Waals surface area contributed by atoms with Crippen molar-refractivity contribution in [2.45, 2.75) is 33.1 Å². The maximum atomic E-state index is 5.85. The minimum Gasteiger partial charge on any atom is -0.462 e. The van der Waals surface area contributed by atoms with Crippen LogP contribution in [-0.2, 0) is 5.41 Å². The van der Waals surface area contributed by atoms with Crippen molar-refractivity contribution in [1.82, 2.24) is 9.97 Å². The van der Waals surface area contributed by atoms with E-state index >= 15 is 0 Å². The zero-order chi connectivity index (χ0) is 23.4. The van der Waals surface area contributed by atoms with E-state index in [-0.39, 0.29) is 5.41 Å². The van der Waals surface area contributed by atoms with Crippen LogP contribution in [0.15, 0.2) is 89.7 Å². The molecule has 0 amide bonds. The molecule has 3 aromatic heterocycles. The van der Waals surface area contributed by atoms with Crippen LogP contribution in [0.2, 0.25) is 0 Å². The maximum Gasteiger partial charge on any atom is 0.160 e. The number of hydrogen-bond acceptors (Lipinski definition) is 3. The van der Waals surface area contributed by atoms with Crippen molar-refractivity contribution in [3.05, 3.63) is 96.5 Å². The summed E-state index contributed by atoms with van der Waals surface area (Å²) >= 11 is 0. The van der Waals surface area contributed by atoms with E-state index in [0.29, 0.717) is 0 Å². The van der Waals surface area contributed by atoms with E-state index < -0.39 is 0 Å². The van der Waals surface area contributed by atoms with Crippen molar-refractivity contribution in [3.63, 3.8) is 0 Å². The second-order valence-corrected chi connectivity index (χ2v) is 10.1. The summed E-state index contributed by atoms with van der Waals surface area (Å²) in [4.78, 5) is 9.80. The Morgan fingerprint density at radius 1 is 0.735 bits per heavy atom. The molecule has 6 aromatic rings. The lowest BCUT2D eigenvalue weighted by molar-refractivity contribution is 0.570. The van der Waals surface area contributed by atoms with Crippen molar-refractivity contribution >= 4 is 32.6 Å². The summed E-state index contributed by atoms with van der Waals surface area (Å²) in [5.41, 5.74) is 8.31. The monoisotopic (exact) mass is 442 g/mol. The summed E-state index contributed by atoms with van der Waals surface area (Å²) in [6.07, 6.45) is 3.63. The largest absolute Gasteiger partial charge is 0.462 e. The molecule has 0 bridgehead atoms. The Kier molecular flexibility index (Phi) is 4.56. The van der Waals surface area contributed by atoms with Gasteiger partial charge >= 0.3 is 0 Å². The van der Waals surface area contributed by atoms with Gasteiger partial charge in [-0.05, 0) is 65.2 Å². The Morgan fingerprint density at radius 3 is 2.38 bits per heavy atom. The normalized spacial score (nSPS) is 12.1. The number of nitrogens with zero attached hydrogens (tertiary/aromatic N) is 2. The predicted molar refractivity (Wildman–Crippen MR) is 141 cm³/mol. The third-order valence-corrected chi connectivity index (χ3v) is 6.53.